The van der Waals surface area contributed by atoms with Crippen LogP contribution in [0.25, 0.3) is 11.0 Å². The lowest BCUT2D eigenvalue weighted by Gasteiger charge is -2.22. The zero-order valence-electron chi connectivity index (χ0n) is 20.7. The van der Waals surface area contributed by atoms with Crippen molar-refractivity contribution in [1.29, 1.82) is 5.26 Å². The van der Waals surface area contributed by atoms with E-state index in [0.29, 0.717) is 24.6 Å². The van der Waals surface area contributed by atoms with E-state index in [1.807, 2.05) is 55.6 Å². The highest BCUT2D eigenvalue weighted by Crippen LogP contribution is 2.40. The molecule has 1 aromatic heterocycles. The van der Waals surface area contributed by atoms with Crippen LogP contribution in [0.15, 0.2) is 64.0 Å². The molecule has 1 aliphatic carbocycles. The molecule has 2 heterocycles. The second kappa shape index (κ2) is 10.7. The molecule has 1 aliphatic heterocycles. The molecule has 37 heavy (non-hydrogen) atoms. The van der Waals surface area contributed by atoms with Crippen molar-refractivity contribution in [3.63, 3.8) is 0 Å². The van der Waals surface area contributed by atoms with Crippen molar-refractivity contribution >= 4 is 34.4 Å². The molecule has 2 fully saturated rings. The predicted molar refractivity (Wildman–Crippen MR) is 141 cm³/mol. The third kappa shape index (κ3) is 5.92. The number of guanidine groups is 1. The van der Waals surface area contributed by atoms with E-state index in [9.17, 15) is 14.9 Å². The topological polar surface area (TPSA) is 123 Å². The highest BCUT2D eigenvalue weighted by atomic mass is 16.3. The van der Waals surface area contributed by atoms with Crippen LogP contribution in [0.3, 0.4) is 0 Å². The van der Waals surface area contributed by atoms with Gasteiger partial charge in [-0.15, -0.1) is 0 Å². The normalized spacial score (nSPS) is 21.7. The van der Waals surface area contributed by atoms with E-state index in [0.717, 1.165) is 36.0 Å². The Hall–Kier alpha value is -4.32. The lowest BCUT2D eigenvalue weighted by atomic mass is 10.1. The summed E-state index contributed by atoms with van der Waals surface area (Å²) in [5.74, 6) is 0.969. The first-order valence-corrected chi connectivity index (χ1v) is 12.6. The maximum absolute atomic E-state index is 13.3. The number of furan rings is 1. The van der Waals surface area contributed by atoms with Gasteiger partial charge in [0.2, 0.25) is 17.8 Å². The molecular weight excluding hydrogens is 468 g/mol. The Morgan fingerprint density at radius 3 is 2.84 bits per heavy atom. The fourth-order valence-electron chi connectivity index (χ4n) is 4.91. The van der Waals surface area contributed by atoms with Crippen LogP contribution in [0.2, 0.25) is 0 Å². The number of aryl methyl sites for hydroxylation is 1. The minimum atomic E-state index is -0.684. The number of nitriles is 1. The number of likely N-dealkylation sites (tertiary alicyclic amines) is 1. The maximum atomic E-state index is 13.3. The minimum Gasteiger partial charge on any atom is -0.461 e. The number of anilines is 1. The molecular formula is C28H30N6O3. The SMILES string of the molecule is Cc1cc2cc(NC(=NC3CCCCN(CC(=O)NC4CC4c4ccccc4)C3=O)NC#N)ccc2o1. The summed E-state index contributed by atoms with van der Waals surface area (Å²) in [6.07, 6.45) is 4.95. The summed E-state index contributed by atoms with van der Waals surface area (Å²) in [5.41, 5.74) is 2.70. The van der Waals surface area contributed by atoms with Crippen molar-refractivity contribution in [2.75, 3.05) is 18.4 Å². The summed E-state index contributed by atoms with van der Waals surface area (Å²) in [5, 5.41) is 18.9. The van der Waals surface area contributed by atoms with Gasteiger partial charge < -0.3 is 20.0 Å². The van der Waals surface area contributed by atoms with Gasteiger partial charge in [-0.2, -0.15) is 5.26 Å². The van der Waals surface area contributed by atoms with Crippen molar-refractivity contribution < 1.29 is 14.0 Å². The van der Waals surface area contributed by atoms with E-state index in [2.05, 4.69) is 33.1 Å². The van der Waals surface area contributed by atoms with Crippen molar-refractivity contribution in [3.8, 4) is 6.19 Å². The summed E-state index contributed by atoms with van der Waals surface area (Å²) in [6.45, 7) is 2.40. The van der Waals surface area contributed by atoms with Gasteiger partial charge in [-0.1, -0.05) is 30.3 Å². The summed E-state index contributed by atoms with van der Waals surface area (Å²) < 4.78 is 5.62. The maximum Gasteiger partial charge on any atom is 0.247 e. The number of rotatable bonds is 6. The van der Waals surface area contributed by atoms with Gasteiger partial charge >= 0.3 is 0 Å². The van der Waals surface area contributed by atoms with Gasteiger partial charge in [0, 0.05) is 29.6 Å². The molecule has 3 aromatic rings. The lowest BCUT2D eigenvalue weighted by molar-refractivity contribution is -0.136. The van der Waals surface area contributed by atoms with Gasteiger partial charge in [0.15, 0.2) is 6.19 Å². The third-order valence-electron chi connectivity index (χ3n) is 6.81. The molecule has 5 rings (SSSR count). The number of fused-ring (bicyclic) bond motifs is 1. The first-order chi connectivity index (χ1) is 18.0. The van der Waals surface area contributed by atoms with Crippen LogP contribution in [-0.4, -0.2) is 47.8 Å². The van der Waals surface area contributed by atoms with Crippen molar-refractivity contribution in [2.45, 2.75) is 50.6 Å². The zero-order chi connectivity index (χ0) is 25.8. The average molecular weight is 499 g/mol. The van der Waals surface area contributed by atoms with Gasteiger partial charge in [0.25, 0.3) is 0 Å². The molecule has 9 heteroatoms. The molecule has 2 aliphatic rings. The van der Waals surface area contributed by atoms with E-state index in [1.54, 1.807) is 4.90 Å². The highest BCUT2D eigenvalue weighted by Gasteiger charge is 2.40. The molecule has 0 bridgehead atoms. The van der Waals surface area contributed by atoms with Crippen molar-refractivity contribution in [2.24, 2.45) is 4.99 Å². The quantitative estimate of drug-likeness (QED) is 0.206. The Morgan fingerprint density at radius 2 is 2.03 bits per heavy atom. The van der Waals surface area contributed by atoms with Crippen LogP contribution in [0.5, 0.6) is 0 Å². The average Bonchev–Trinajstić information content (AvgIpc) is 3.58. The Balaban J connectivity index is 1.23. The number of aliphatic imine (C=N–C) groups is 1. The van der Waals surface area contributed by atoms with Crippen LogP contribution in [0.4, 0.5) is 5.69 Å². The third-order valence-corrected chi connectivity index (χ3v) is 6.81. The monoisotopic (exact) mass is 498 g/mol. The molecule has 1 saturated heterocycles. The molecule has 190 valence electrons. The molecule has 0 spiro atoms. The van der Waals surface area contributed by atoms with Crippen molar-refractivity contribution in [3.05, 3.63) is 65.9 Å². The molecule has 2 aromatic carbocycles. The number of hydrogen-bond donors (Lipinski definition) is 3. The summed E-state index contributed by atoms with van der Waals surface area (Å²) >= 11 is 0. The highest BCUT2D eigenvalue weighted by molar-refractivity contribution is 5.98. The predicted octanol–water partition coefficient (Wildman–Crippen LogP) is 3.63. The molecule has 3 unspecified atom stereocenters. The Labute approximate surface area is 215 Å². The standard InChI is InChI=1S/C28H30N6O3/c1-18-13-20-14-21(10-11-25(20)37-18)31-28(30-17-29)33-23-9-5-6-12-34(27(23)36)16-26(35)32-24-15-22(24)19-7-3-2-4-8-19/h2-4,7-8,10-11,13-14,22-24H,5-6,9,12,15-16H2,1H3,(H,32,35)(H2,30,31,33). The van der Waals surface area contributed by atoms with E-state index >= 15 is 0 Å². The second-order valence-electron chi connectivity index (χ2n) is 9.65. The molecule has 9 nitrogen and oxygen atoms in total. The van der Waals surface area contributed by atoms with Crippen LogP contribution >= 0.6 is 0 Å². The fourth-order valence-corrected chi connectivity index (χ4v) is 4.91. The van der Waals surface area contributed by atoms with Crippen molar-refractivity contribution in [1.82, 2.24) is 15.5 Å². The Bertz CT molecular complexity index is 1360. The van der Waals surface area contributed by atoms with Gasteiger partial charge in [-0.25, -0.2) is 4.99 Å². The molecule has 3 atom stereocenters. The van der Waals surface area contributed by atoms with Gasteiger partial charge in [0.1, 0.15) is 17.4 Å². The number of nitrogens with one attached hydrogen (secondary N) is 3. The number of benzene rings is 2. The van der Waals surface area contributed by atoms with E-state index < -0.39 is 6.04 Å². The van der Waals surface area contributed by atoms with E-state index in [-0.39, 0.29) is 30.4 Å². The minimum absolute atomic E-state index is 0.00775. The number of carbonyl (C=O) groups is 2. The molecule has 3 N–H and O–H groups in total. The Morgan fingerprint density at radius 1 is 1.19 bits per heavy atom. The molecule has 0 radical (unpaired) electrons. The zero-order valence-corrected chi connectivity index (χ0v) is 20.7. The van der Waals surface area contributed by atoms with E-state index in [4.69, 9.17) is 4.42 Å². The largest absolute Gasteiger partial charge is 0.461 e. The smallest absolute Gasteiger partial charge is 0.247 e. The van der Waals surface area contributed by atoms with Gasteiger partial charge in [-0.05, 0) is 62.4 Å². The fraction of sp³-hybridized carbons (Fsp3) is 0.357. The van der Waals surface area contributed by atoms with Gasteiger partial charge in [-0.3, -0.25) is 14.9 Å². The lowest BCUT2D eigenvalue weighted by Crippen LogP contribution is -2.45. The first-order valence-electron chi connectivity index (χ1n) is 12.6. The molecule has 1 saturated carbocycles. The number of carbonyl (C=O) groups excluding carboxylic acids is 2. The number of amides is 2. The summed E-state index contributed by atoms with van der Waals surface area (Å²) in [6, 6.07) is 17.1. The number of nitrogens with zero attached hydrogens (tertiary/aromatic N) is 3. The van der Waals surface area contributed by atoms with Crippen LogP contribution in [-0.2, 0) is 9.59 Å². The number of hydrogen-bond acceptors (Lipinski definition) is 5. The molecule has 2 amide bonds. The summed E-state index contributed by atoms with van der Waals surface area (Å²) in [4.78, 5) is 32.2. The summed E-state index contributed by atoms with van der Waals surface area (Å²) in [7, 11) is 0. The van der Waals surface area contributed by atoms with Crippen LogP contribution < -0.4 is 16.0 Å². The second-order valence-corrected chi connectivity index (χ2v) is 9.65. The first kappa shape index (κ1) is 24.4. The van der Waals surface area contributed by atoms with Gasteiger partial charge in [0.05, 0.1) is 6.54 Å². The van der Waals surface area contributed by atoms with Crippen LogP contribution in [0.1, 0.15) is 42.9 Å². The Kier molecular flexibility index (Phi) is 7.08. The van der Waals surface area contributed by atoms with E-state index in [1.165, 1.54) is 5.56 Å². The van der Waals surface area contributed by atoms with Crippen LogP contribution in [0, 0.1) is 18.4 Å².